The minimum atomic E-state index is -1.07. The van der Waals surface area contributed by atoms with Crippen LogP contribution in [0.15, 0.2) is 72.8 Å². The van der Waals surface area contributed by atoms with Crippen LogP contribution in [-0.2, 0) is 4.79 Å². The summed E-state index contributed by atoms with van der Waals surface area (Å²) in [5.74, 6) is -1.16. The number of hydrogen-bond donors (Lipinski definition) is 4. The number of aromatic nitrogens is 1. The van der Waals surface area contributed by atoms with Crippen LogP contribution in [0.25, 0.3) is 33.9 Å². The minimum absolute atomic E-state index is 0.0433. The second-order valence-electron chi connectivity index (χ2n) is 7.62. The number of benzene rings is 3. The SMILES string of the molecule is O=C1Nc2cc(Cl)c(-c3ccc(-c4ccccc4O)cc3)cc2/C1=C/c1ccc(C(=O)O)[nH]1. The van der Waals surface area contributed by atoms with Crippen LogP contribution in [0, 0.1) is 0 Å². The summed E-state index contributed by atoms with van der Waals surface area (Å²) in [6.45, 7) is 0. The molecule has 4 aromatic rings. The zero-order valence-corrected chi connectivity index (χ0v) is 17.9. The van der Waals surface area contributed by atoms with E-state index in [0.717, 1.165) is 22.3 Å². The zero-order chi connectivity index (χ0) is 23.1. The lowest BCUT2D eigenvalue weighted by Crippen LogP contribution is -2.03. The van der Waals surface area contributed by atoms with Gasteiger partial charge in [-0.25, -0.2) is 4.79 Å². The van der Waals surface area contributed by atoms with E-state index in [-0.39, 0.29) is 17.4 Å². The first-order chi connectivity index (χ1) is 15.9. The Hall–Kier alpha value is -4.29. The molecule has 0 unspecified atom stereocenters. The van der Waals surface area contributed by atoms with Crippen molar-refractivity contribution in [2.45, 2.75) is 0 Å². The Bertz CT molecular complexity index is 1450. The van der Waals surface area contributed by atoms with Crippen molar-refractivity contribution in [1.82, 2.24) is 4.98 Å². The third-order valence-electron chi connectivity index (χ3n) is 5.54. The van der Waals surface area contributed by atoms with Crippen LogP contribution in [0.5, 0.6) is 5.75 Å². The molecule has 1 aliphatic rings. The Morgan fingerprint density at radius 2 is 1.58 bits per heavy atom. The molecule has 0 atom stereocenters. The molecule has 3 aromatic carbocycles. The molecule has 1 aliphatic heterocycles. The predicted molar refractivity (Wildman–Crippen MR) is 128 cm³/mol. The number of aromatic amines is 1. The van der Waals surface area contributed by atoms with Crippen molar-refractivity contribution in [2.24, 2.45) is 0 Å². The van der Waals surface area contributed by atoms with Gasteiger partial charge >= 0.3 is 5.97 Å². The number of anilines is 1. The van der Waals surface area contributed by atoms with Crippen LogP contribution in [0.3, 0.4) is 0 Å². The van der Waals surface area contributed by atoms with E-state index in [9.17, 15) is 14.7 Å². The molecule has 4 N–H and O–H groups in total. The maximum Gasteiger partial charge on any atom is 0.352 e. The fourth-order valence-electron chi connectivity index (χ4n) is 3.90. The molecule has 5 rings (SSSR count). The normalized spacial score (nSPS) is 13.7. The van der Waals surface area contributed by atoms with Gasteiger partial charge in [0.05, 0.1) is 16.3 Å². The van der Waals surface area contributed by atoms with Crippen LogP contribution < -0.4 is 5.32 Å². The number of carboxylic acid groups (broad SMARTS) is 1. The number of phenolic OH excluding ortho intramolecular Hbond substituents is 1. The van der Waals surface area contributed by atoms with E-state index in [0.29, 0.717) is 27.5 Å². The van der Waals surface area contributed by atoms with Crippen molar-refractivity contribution in [2.75, 3.05) is 5.32 Å². The molecule has 0 aliphatic carbocycles. The number of aromatic carboxylic acids is 1. The zero-order valence-electron chi connectivity index (χ0n) is 17.1. The second-order valence-corrected chi connectivity index (χ2v) is 8.02. The number of halogens is 1. The van der Waals surface area contributed by atoms with E-state index in [2.05, 4.69) is 10.3 Å². The van der Waals surface area contributed by atoms with Gasteiger partial charge in [0.25, 0.3) is 5.91 Å². The van der Waals surface area contributed by atoms with Crippen LogP contribution in [-0.4, -0.2) is 27.1 Å². The fourth-order valence-corrected chi connectivity index (χ4v) is 4.17. The number of amides is 1. The monoisotopic (exact) mass is 456 g/mol. The van der Waals surface area contributed by atoms with Gasteiger partial charge in [-0.1, -0.05) is 54.1 Å². The Kier molecular flexibility index (Phi) is 4.99. The van der Waals surface area contributed by atoms with Gasteiger partial charge in [-0.05, 0) is 47.5 Å². The topological polar surface area (TPSA) is 102 Å². The molecule has 7 heteroatoms. The number of aromatic hydroxyl groups is 1. The van der Waals surface area contributed by atoms with Crippen molar-refractivity contribution in [3.8, 4) is 28.0 Å². The summed E-state index contributed by atoms with van der Waals surface area (Å²) in [6, 6.07) is 21.4. The maximum atomic E-state index is 12.6. The maximum absolute atomic E-state index is 12.6. The van der Waals surface area contributed by atoms with Crippen molar-refractivity contribution >= 4 is 40.8 Å². The lowest BCUT2D eigenvalue weighted by molar-refractivity contribution is -0.110. The summed E-state index contributed by atoms with van der Waals surface area (Å²) in [6.07, 6.45) is 1.62. The number of fused-ring (bicyclic) bond motifs is 1. The molecule has 162 valence electrons. The van der Waals surface area contributed by atoms with Gasteiger partial charge in [0.1, 0.15) is 11.4 Å². The molecule has 0 saturated heterocycles. The molecular weight excluding hydrogens is 440 g/mol. The summed E-state index contributed by atoms with van der Waals surface area (Å²) in [7, 11) is 0. The summed E-state index contributed by atoms with van der Waals surface area (Å²) >= 11 is 6.54. The van der Waals surface area contributed by atoms with Gasteiger partial charge in [-0.3, -0.25) is 4.79 Å². The molecule has 0 fully saturated rings. The molecule has 1 amide bonds. The molecule has 1 aromatic heterocycles. The number of para-hydroxylation sites is 1. The Labute approximate surface area is 193 Å². The molecule has 0 radical (unpaired) electrons. The molecular formula is C26H17ClN2O4. The first kappa shape index (κ1) is 20.6. The standard InChI is InChI=1S/C26H17ClN2O4/c27-21-13-23-19(20(25(31)29-23)11-16-9-10-22(28-16)26(32)33)12-18(21)15-7-5-14(6-8-15)17-3-1-2-4-24(17)30/h1-13,28,30H,(H,29,31)(H,32,33)/b20-11-. The Morgan fingerprint density at radius 3 is 2.24 bits per heavy atom. The lowest BCUT2D eigenvalue weighted by Gasteiger charge is -2.10. The van der Waals surface area contributed by atoms with E-state index in [1.165, 1.54) is 6.07 Å². The number of phenols is 1. The van der Waals surface area contributed by atoms with E-state index < -0.39 is 5.97 Å². The van der Waals surface area contributed by atoms with Crippen LogP contribution in [0.2, 0.25) is 5.02 Å². The van der Waals surface area contributed by atoms with E-state index in [4.69, 9.17) is 16.7 Å². The van der Waals surface area contributed by atoms with Gasteiger partial charge in [-0.2, -0.15) is 0 Å². The predicted octanol–water partition coefficient (Wildman–Crippen LogP) is 5.90. The number of carbonyl (C=O) groups excluding carboxylic acids is 1. The number of rotatable bonds is 4. The largest absolute Gasteiger partial charge is 0.507 e. The molecule has 0 bridgehead atoms. The molecule has 6 nitrogen and oxygen atoms in total. The number of nitrogens with one attached hydrogen (secondary N) is 2. The Balaban J connectivity index is 1.53. The highest BCUT2D eigenvalue weighted by Crippen LogP contribution is 2.41. The number of H-pyrrole nitrogens is 1. The molecule has 0 spiro atoms. The number of carbonyl (C=O) groups is 2. The quantitative estimate of drug-likeness (QED) is 0.287. The highest BCUT2D eigenvalue weighted by atomic mass is 35.5. The van der Waals surface area contributed by atoms with Crippen molar-refractivity contribution in [3.63, 3.8) is 0 Å². The first-order valence-corrected chi connectivity index (χ1v) is 10.5. The molecule has 0 saturated carbocycles. The highest BCUT2D eigenvalue weighted by molar-refractivity contribution is 6.38. The average Bonchev–Trinajstić information content (AvgIpc) is 3.39. The summed E-state index contributed by atoms with van der Waals surface area (Å²) in [5.41, 5.74) is 5.44. The van der Waals surface area contributed by atoms with Crippen molar-refractivity contribution in [1.29, 1.82) is 0 Å². The van der Waals surface area contributed by atoms with Gasteiger partial charge in [0, 0.05) is 22.4 Å². The smallest absolute Gasteiger partial charge is 0.352 e. The van der Waals surface area contributed by atoms with Crippen LogP contribution in [0.1, 0.15) is 21.7 Å². The van der Waals surface area contributed by atoms with E-state index in [1.54, 1.807) is 30.3 Å². The van der Waals surface area contributed by atoms with Crippen molar-refractivity contribution < 1.29 is 19.8 Å². The summed E-state index contributed by atoms with van der Waals surface area (Å²) in [5, 5.41) is 22.5. The molecule has 33 heavy (non-hydrogen) atoms. The summed E-state index contributed by atoms with van der Waals surface area (Å²) in [4.78, 5) is 26.5. The second kappa shape index (κ2) is 8.00. The van der Waals surface area contributed by atoms with E-state index in [1.807, 2.05) is 42.5 Å². The van der Waals surface area contributed by atoms with Gasteiger partial charge < -0.3 is 20.5 Å². The number of hydrogen-bond acceptors (Lipinski definition) is 3. The Morgan fingerprint density at radius 1 is 0.879 bits per heavy atom. The highest BCUT2D eigenvalue weighted by Gasteiger charge is 2.26. The average molecular weight is 457 g/mol. The molecule has 2 heterocycles. The summed E-state index contributed by atoms with van der Waals surface area (Å²) < 4.78 is 0. The fraction of sp³-hybridized carbons (Fsp3) is 0. The third kappa shape index (κ3) is 3.77. The van der Waals surface area contributed by atoms with E-state index >= 15 is 0 Å². The third-order valence-corrected chi connectivity index (χ3v) is 5.85. The van der Waals surface area contributed by atoms with Gasteiger partial charge in [-0.15, -0.1) is 0 Å². The number of carboxylic acids is 1. The first-order valence-electron chi connectivity index (χ1n) is 10.1. The van der Waals surface area contributed by atoms with Crippen LogP contribution >= 0.6 is 11.6 Å². The van der Waals surface area contributed by atoms with Gasteiger partial charge in [0.2, 0.25) is 0 Å². The lowest BCUT2D eigenvalue weighted by atomic mass is 9.96. The minimum Gasteiger partial charge on any atom is -0.507 e. The van der Waals surface area contributed by atoms with Gasteiger partial charge in [0.15, 0.2) is 0 Å². The van der Waals surface area contributed by atoms with Crippen molar-refractivity contribution in [3.05, 3.63) is 94.8 Å². The van der Waals surface area contributed by atoms with Crippen LogP contribution in [0.4, 0.5) is 5.69 Å².